The lowest BCUT2D eigenvalue weighted by Gasteiger charge is -1.98. The average molecular weight is 312 g/mol. The summed E-state index contributed by atoms with van der Waals surface area (Å²) in [5, 5.41) is 3.30. The molecule has 0 aliphatic heterocycles. The van der Waals surface area contributed by atoms with Gasteiger partial charge >= 0.3 is 0 Å². The number of hydrogen-bond acceptors (Lipinski definition) is 7. The number of anilines is 1. The second-order valence-electron chi connectivity index (χ2n) is 3.93. The number of amides is 1. The van der Waals surface area contributed by atoms with Gasteiger partial charge in [0.1, 0.15) is 5.76 Å². The van der Waals surface area contributed by atoms with Gasteiger partial charge in [0, 0.05) is 19.4 Å². The summed E-state index contributed by atoms with van der Waals surface area (Å²) in [6.07, 6.45) is 4.63. The van der Waals surface area contributed by atoms with Gasteiger partial charge in [-0.05, 0) is 0 Å². The second kappa shape index (κ2) is 7.41. The van der Waals surface area contributed by atoms with E-state index < -0.39 is 0 Å². The first-order chi connectivity index (χ1) is 9.71. The van der Waals surface area contributed by atoms with Gasteiger partial charge in [0.05, 0.1) is 22.4 Å². The number of oxazole rings is 1. The molecule has 0 bridgehead atoms. The number of carbonyl (C=O) groups is 1. The van der Waals surface area contributed by atoms with E-state index in [1.807, 2.05) is 6.92 Å². The summed E-state index contributed by atoms with van der Waals surface area (Å²) in [7, 11) is 0. The fraction of sp³-hybridized carbons (Fsp3) is 0.417. The molecule has 3 N–H and O–H groups in total. The molecule has 0 saturated carbocycles. The van der Waals surface area contributed by atoms with Crippen LogP contribution < -0.4 is 11.1 Å². The molecular weight excluding hydrogens is 296 g/mol. The van der Waals surface area contributed by atoms with Crippen molar-refractivity contribution in [3.8, 4) is 0 Å². The van der Waals surface area contributed by atoms with E-state index in [-0.39, 0.29) is 5.91 Å². The molecule has 0 atom stereocenters. The molecule has 0 unspecified atom stereocenters. The third-order valence-electron chi connectivity index (χ3n) is 2.39. The highest BCUT2D eigenvalue weighted by Gasteiger charge is 2.08. The third-order valence-corrected chi connectivity index (χ3v) is 4.48. The van der Waals surface area contributed by atoms with Gasteiger partial charge in [-0.3, -0.25) is 4.79 Å². The summed E-state index contributed by atoms with van der Waals surface area (Å²) in [6, 6.07) is 0. The largest absolute Gasteiger partial charge is 0.445 e. The molecule has 0 aromatic carbocycles. The lowest BCUT2D eigenvalue weighted by molar-refractivity contribution is -0.116. The first-order valence-electron chi connectivity index (χ1n) is 6.23. The summed E-state index contributed by atoms with van der Waals surface area (Å²) in [6.45, 7) is 2.36. The van der Waals surface area contributed by atoms with Crippen molar-refractivity contribution in [1.29, 1.82) is 0 Å². The Morgan fingerprint density at radius 1 is 1.50 bits per heavy atom. The van der Waals surface area contributed by atoms with Gasteiger partial charge in [0.2, 0.25) is 11.8 Å². The van der Waals surface area contributed by atoms with Crippen LogP contribution in [0.1, 0.15) is 25.0 Å². The molecule has 2 aromatic heterocycles. The number of nitrogens with one attached hydrogen (secondary N) is 1. The molecular formula is C12H16N4O2S2. The molecule has 0 saturated heterocycles. The number of thiazole rings is 1. The molecule has 20 heavy (non-hydrogen) atoms. The number of carbonyl (C=O) groups excluding carboxylic acids is 1. The van der Waals surface area contributed by atoms with Crippen molar-refractivity contribution in [2.45, 2.75) is 29.7 Å². The van der Waals surface area contributed by atoms with E-state index in [1.54, 1.807) is 24.2 Å². The zero-order valence-electron chi connectivity index (χ0n) is 11.1. The molecule has 6 nitrogen and oxygen atoms in total. The third kappa shape index (κ3) is 4.32. The molecule has 108 valence electrons. The first-order valence-corrected chi connectivity index (χ1v) is 8.03. The molecule has 2 heterocycles. The average Bonchev–Trinajstić information content (AvgIpc) is 3.05. The first kappa shape index (κ1) is 15.0. The van der Waals surface area contributed by atoms with Gasteiger partial charge in [-0.1, -0.05) is 18.3 Å². The molecule has 1 amide bonds. The Morgan fingerprint density at radius 3 is 3.05 bits per heavy atom. The highest BCUT2D eigenvalue weighted by Crippen LogP contribution is 2.30. The van der Waals surface area contributed by atoms with Crippen LogP contribution in [-0.4, -0.2) is 22.4 Å². The molecule has 2 rings (SSSR count). The highest BCUT2D eigenvalue weighted by atomic mass is 32.2. The zero-order chi connectivity index (χ0) is 14.4. The molecule has 0 aliphatic carbocycles. The van der Waals surface area contributed by atoms with Crippen LogP contribution in [-0.2, 0) is 17.0 Å². The van der Waals surface area contributed by atoms with Crippen molar-refractivity contribution < 1.29 is 9.21 Å². The van der Waals surface area contributed by atoms with E-state index >= 15 is 0 Å². The quantitative estimate of drug-likeness (QED) is 0.762. The van der Waals surface area contributed by atoms with Crippen LogP contribution in [0, 0.1) is 0 Å². The number of aryl methyl sites for hydroxylation is 1. The summed E-state index contributed by atoms with van der Waals surface area (Å²) >= 11 is 3.01. The Labute approximate surface area is 125 Å². The Morgan fingerprint density at radius 2 is 2.35 bits per heavy atom. The van der Waals surface area contributed by atoms with E-state index in [9.17, 15) is 4.79 Å². The van der Waals surface area contributed by atoms with Gasteiger partial charge in [-0.25, -0.2) is 9.97 Å². The lowest BCUT2D eigenvalue weighted by Crippen LogP contribution is -2.15. The highest BCUT2D eigenvalue weighted by molar-refractivity contribution is 8.00. The van der Waals surface area contributed by atoms with Crippen molar-refractivity contribution in [1.82, 2.24) is 9.97 Å². The minimum atomic E-state index is -0.112. The van der Waals surface area contributed by atoms with Crippen LogP contribution in [0.5, 0.6) is 0 Å². The maximum absolute atomic E-state index is 11.4. The number of aromatic nitrogens is 2. The van der Waals surface area contributed by atoms with Crippen LogP contribution in [0.15, 0.2) is 21.0 Å². The SMILES string of the molecule is CCc1cnc(CSc2cnc(NC(=O)CCN)s2)o1. The van der Waals surface area contributed by atoms with E-state index in [1.165, 1.54) is 11.3 Å². The van der Waals surface area contributed by atoms with Gasteiger partial charge in [0.15, 0.2) is 5.13 Å². The minimum absolute atomic E-state index is 0.112. The predicted octanol–water partition coefficient (Wildman–Crippen LogP) is 2.27. The Bertz CT molecular complexity index is 567. The van der Waals surface area contributed by atoms with E-state index in [2.05, 4.69) is 15.3 Å². The minimum Gasteiger partial charge on any atom is -0.445 e. The summed E-state index contributed by atoms with van der Waals surface area (Å²) in [4.78, 5) is 19.7. The van der Waals surface area contributed by atoms with Gasteiger partial charge in [0.25, 0.3) is 0 Å². The standard InChI is InChI=1S/C12H16N4O2S2/c1-2-8-5-14-10(18-8)7-19-11-6-15-12(20-11)16-9(17)3-4-13/h5-6H,2-4,7,13H2,1H3,(H,15,16,17). The molecule has 0 aliphatic rings. The van der Waals surface area contributed by atoms with Crippen molar-refractivity contribution >= 4 is 34.1 Å². The van der Waals surface area contributed by atoms with Crippen LogP contribution in [0.3, 0.4) is 0 Å². The number of nitrogens with zero attached hydrogens (tertiary/aromatic N) is 2. The fourth-order valence-electron chi connectivity index (χ4n) is 1.41. The molecule has 8 heteroatoms. The molecule has 0 spiro atoms. The van der Waals surface area contributed by atoms with Gasteiger partial charge < -0.3 is 15.5 Å². The smallest absolute Gasteiger partial charge is 0.227 e. The lowest BCUT2D eigenvalue weighted by atomic mass is 10.4. The van der Waals surface area contributed by atoms with Gasteiger partial charge in [-0.15, -0.1) is 11.8 Å². The number of thioether (sulfide) groups is 1. The van der Waals surface area contributed by atoms with Crippen LogP contribution in [0.2, 0.25) is 0 Å². The topological polar surface area (TPSA) is 94.0 Å². The maximum atomic E-state index is 11.4. The summed E-state index contributed by atoms with van der Waals surface area (Å²) in [5.74, 6) is 2.13. The molecule has 0 radical (unpaired) electrons. The molecule has 2 aromatic rings. The fourth-order valence-corrected chi connectivity index (χ4v) is 3.15. The van der Waals surface area contributed by atoms with Crippen molar-refractivity contribution in [2.24, 2.45) is 5.73 Å². The second-order valence-corrected chi connectivity index (χ2v) is 6.24. The van der Waals surface area contributed by atoms with E-state index in [4.69, 9.17) is 10.2 Å². The summed E-state index contributed by atoms with van der Waals surface area (Å²) < 4.78 is 6.53. The Hall–Kier alpha value is -1.38. The Balaban J connectivity index is 1.84. The normalized spacial score (nSPS) is 10.7. The van der Waals surface area contributed by atoms with Crippen molar-refractivity contribution in [2.75, 3.05) is 11.9 Å². The molecule has 0 fully saturated rings. The monoisotopic (exact) mass is 312 g/mol. The number of rotatable bonds is 7. The number of hydrogen-bond donors (Lipinski definition) is 2. The van der Waals surface area contributed by atoms with Crippen molar-refractivity contribution in [3.63, 3.8) is 0 Å². The van der Waals surface area contributed by atoms with Crippen LogP contribution in [0.25, 0.3) is 0 Å². The van der Waals surface area contributed by atoms with E-state index in [0.29, 0.717) is 29.7 Å². The van der Waals surface area contributed by atoms with Crippen LogP contribution in [0.4, 0.5) is 5.13 Å². The van der Waals surface area contributed by atoms with Crippen LogP contribution >= 0.6 is 23.1 Å². The predicted molar refractivity (Wildman–Crippen MR) is 79.9 cm³/mol. The zero-order valence-corrected chi connectivity index (χ0v) is 12.7. The van der Waals surface area contributed by atoms with Crippen molar-refractivity contribution in [3.05, 3.63) is 24.0 Å². The van der Waals surface area contributed by atoms with Gasteiger partial charge in [-0.2, -0.15) is 0 Å². The Kier molecular flexibility index (Phi) is 5.57. The maximum Gasteiger partial charge on any atom is 0.227 e. The summed E-state index contributed by atoms with van der Waals surface area (Å²) in [5.41, 5.74) is 5.31. The number of nitrogens with two attached hydrogens (primary N) is 1. The van der Waals surface area contributed by atoms with E-state index in [0.717, 1.165) is 16.4 Å².